The first-order valence-electron chi connectivity index (χ1n) is 8.55. The number of amides is 1. The van der Waals surface area contributed by atoms with Crippen LogP contribution < -0.4 is 0 Å². The van der Waals surface area contributed by atoms with Crippen LogP contribution in [0.15, 0.2) is 29.4 Å². The predicted octanol–water partition coefficient (Wildman–Crippen LogP) is 3.99. The van der Waals surface area contributed by atoms with Gasteiger partial charge in [-0.1, -0.05) is 45.0 Å². The lowest BCUT2D eigenvalue weighted by molar-refractivity contribution is -0.134. The molecule has 0 aromatic heterocycles. The maximum absolute atomic E-state index is 13.0. The Bertz CT molecular complexity index is 590. The Morgan fingerprint density at radius 3 is 2.58 bits per heavy atom. The molecule has 0 spiro atoms. The highest BCUT2D eigenvalue weighted by Crippen LogP contribution is 2.22. The maximum Gasteiger partial charge on any atom is 0.223 e. The molecule has 24 heavy (non-hydrogen) atoms. The minimum Gasteiger partial charge on any atom is -0.390 e. The Balaban J connectivity index is 1.95. The third-order valence-corrected chi connectivity index (χ3v) is 3.86. The molecular formula is C19H27FN2O2. The van der Waals surface area contributed by atoms with E-state index < -0.39 is 0 Å². The summed E-state index contributed by atoms with van der Waals surface area (Å²) in [7, 11) is 0. The van der Waals surface area contributed by atoms with Crippen LogP contribution in [0.25, 0.3) is 0 Å². The van der Waals surface area contributed by atoms with Gasteiger partial charge in [-0.25, -0.2) is 4.39 Å². The van der Waals surface area contributed by atoms with Crippen molar-refractivity contribution in [1.82, 2.24) is 4.90 Å². The molecule has 1 unspecified atom stereocenters. The van der Waals surface area contributed by atoms with Crippen molar-refractivity contribution in [3.05, 3.63) is 35.6 Å². The molecule has 1 aromatic rings. The number of hydrogen-bond donors (Lipinski definition) is 0. The van der Waals surface area contributed by atoms with E-state index in [1.54, 1.807) is 12.1 Å². The Morgan fingerprint density at radius 2 is 2.00 bits per heavy atom. The fourth-order valence-corrected chi connectivity index (χ4v) is 2.74. The monoisotopic (exact) mass is 334 g/mol. The number of carbonyl (C=O) groups excluding carboxylic acids is 1. The average molecular weight is 334 g/mol. The molecule has 2 rings (SSSR count). The van der Waals surface area contributed by atoms with E-state index >= 15 is 0 Å². The van der Waals surface area contributed by atoms with E-state index in [1.807, 2.05) is 4.90 Å². The first-order chi connectivity index (χ1) is 11.3. The number of hydrogen-bond acceptors (Lipinski definition) is 3. The smallest absolute Gasteiger partial charge is 0.223 e. The first kappa shape index (κ1) is 18.4. The summed E-state index contributed by atoms with van der Waals surface area (Å²) in [6, 6.07) is 6.24. The summed E-state index contributed by atoms with van der Waals surface area (Å²) in [5.74, 6) is -0.111. The largest absolute Gasteiger partial charge is 0.390 e. The molecule has 1 atom stereocenters. The van der Waals surface area contributed by atoms with Gasteiger partial charge in [-0.3, -0.25) is 4.79 Å². The normalized spacial score (nSPS) is 17.4. The van der Waals surface area contributed by atoms with Crippen molar-refractivity contribution in [1.29, 1.82) is 0 Å². The highest BCUT2D eigenvalue weighted by atomic mass is 19.1. The van der Waals surface area contributed by atoms with Gasteiger partial charge in [-0.2, -0.15) is 0 Å². The van der Waals surface area contributed by atoms with Gasteiger partial charge in [0.25, 0.3) is 0 Å². The Morgan fingerprint density at radius 1 is 1.33 bits per heavy atom. The topological polar surface area (TPSA) is 41.9 Å². The zero-order valence-electron chi connectivity index (χ0n) is 15.0. The summed E-state index contributed by atoms with van der Waals surface area (Å²) in [6.45, 7) is 9.52. The molecular weight excluding hydrogens is 307 g/mol. The van der Waals surface area contributed by atoms with E-state index in [0.29, 0.717) is 19.4 Å². The Kier molecular flexibility index (Phi) is 5.97. The molecule has 132 valence electrons. The van der Waals surface area contributed by atoms with Crippen LogP contribution in [0.5, 0.6) is 0 Å². The number of benzene rings is 1. The first-order valence-corrected chi connectivity index (χ1v) is 8.55. The highest BCUT2D eigenvalue weighted by molar-refractivity contribution is 6.01. The molecule has 1 aliphatic rings. The van der Waals surface area contributed by atoms with Crippen LogP contribution in [0.2, 0.25) is 0 Å². The van der Waals surface area contributed by atoms with Crippen molar-refractivity contribution in [3.63, 3.8) is 0 Å². The summed E-state index contributed by atoms with van der Waals surface area (Å²) < 4.78 is 13.0. The van der Waals surface area contributed by atoms with Crippen molar-refractivity contribution in [2.24, 2.45) is 10.6 Å². The molecule has 0 fully saturated rings. The highest BCUT2D eigenvalue weighted by Gasteiger charge is 2.28. The lowest BCUT2D eigenvalue weighted by Crippen LogP contribution is -2.39. The van der Waals surface area contributed by atoms with Crippen LogP contribution in [0, 0.1) is 11.2 Å². The lowest BCUT2D eigenvalue weighted by atomic mass is 9.91. The molecule has 4 nitrogen and oxygen atoms in total. The van der Waals surface area contributed by atoms with E-state index in [4.69, 9.17) is 4.84 Å². The van der Waals surface area contributed by atoms with Crippen molar-refractivity contribution in [2.45, 2.75) is 53.1 Å². The molecule has 0 saturated heterocycles. The number of halogens is 1. The van der Waals surface area contributed by atoms with Crippen LogP contribution in [0.4, 0.5) is 4.39 Å². The van der Waals surface area contributed by atoms with Crippen LogP contribution in [0.3, 0.4) is 0 Å². The minimum absolute atomic E-state index is 0.0324. The minimum atomic E-state index is -0.267. The second kappa shape index (κ2) is 7.77. The SMILES string of the molecule is CCCN(CC1CC(c2ccc(F)cc2)=NO1)C(=O)CC(C)(C)C. The van der Waals surface area contributed by atoms with Gasteiger partial charge < -0.3 is 9.74 Å². The van der Waals surface area contributed by atoms with E-state index in [0.717, 1.165) is 24.2 Å². The zero-order valence-corrected chi connectivity index (χ0v) is 15.0. The molecule has 0 saturated carbocycles. The molecule has 1 amide bonds. The summed E-state index contributed by atoms with van der Waals surface area (Å²) in [5.41, 5.74) is 1.64. The lowest BCUT2D eigenvalue weighted by Gasteiger charge is -2.27. The second-order valence-corrected chi connectivity index (χ2v) is 7.55. The van der Waals surface area contributed by atoms with E-state index in [-0.39, 0.29) is 23.2 Å². The van der Waals surface area contributed by atoms with Crippen LogP contribution in [-0.4, -0.2) is 35.7 Å². The zero-order chi connectivity index (χ0) is 17.7. The molecule has 5 heteroatoms. The van der Waals surface area contributed by atoms with Crippen molar-refractivity contribution >= 4 is 11.6 Å². The standard InChI is InChI=1S/C19H27FN2O2/c1-5-10-22(18(23)12-19(2,3)4)13-16-11-17(21-24-16)14-6-8-15(20)9-7-14/h6-9,16H,5,10-13H2,1-4H3. The van der Waals surface area contributed by atoms with Gasteiger partial charge in [0.05, 0.1) is 12.3 Å². The summed E-state index contributed by atoms with van der Waals surface area (Å²) in [6.07, 6.45) is 1.93. The molecule has 0 aliphatic carbocycles. The average Bonchev–Trinajstić information content (AvgIpc) is 2.94. The quantitative estimate of drug-likeness (QED) is 0.789. The van der Waals surface area contributed by atoms with Crippen LogP contribution in [0.1, 0.15) is 52.5 Å². The molecule has 1 aromatic carbocycles. The molecule has 1 aliphatic heterocycles. The van der Waals surface area contributed by atoms with E-state index in [1.165, 1.54) is 12.1 Å². The Labute approximate surface area is 143 Å². The van der Waals surface area contributed by atoms with Crippen LogP contribution in [-0.2, 0) is 9.63 Å². The van der Waals surface area contributed by atoms with Gasteiger partial charge >= 0.3 is 0 Å². The van der Waals surface area contributed by atoms with Crippen molar-refractivity contribution in [3.8, 4) is 0 Å². The fourth-order valence-electron chi connectivity index (χ4n) is 2.74. The second-order valence-electron chi connectivity index (χ2n) is 7.55. The van der Waals surface area contributed by atoms with Gasteiger partial charge in [0, 0.05) is 19.4 Å². The molecule has 0 bridgehead atoms. The maximum atomic E-state index is 13.0. The van der Waals surface area contributed by atoms with E-state index in [9.17, 15) is 9.18 Å². The van der Waals surface area contributed by atoms with Crippen LogP contribution >= 0.6 is 0 Å². The third kappa shape index (κ3) is 5.32. The summed E-state index contributed by atoms with van der Waals surface area (Å²) >= 11 is 0. The van der Waals surface area contributed by atoms with E-state index in [2.05, 4.69) is 32.9 Å². The number of nitrogens with zero attached hydrogens (tertiary/aromatic N) is 2. The summed E-state index contributed by atoms with van der Waals surface area (Å²) in [4.78, 5) is 19.9. The third-order valence-electron chi connectivity index (χ3n) is 3.86. The predicted molar refractivity (Wildman–Crippen MR) is 93.4 cm³/mol. The van der Waals surface area contributed by atoms with Crippen molar-refractivity contribution in [2.75, 3.05) is 13.1 Å². The van der Waals surface area contributed by atoms with Gasteiger partial charge in [0.15, 0.2) is 6.10 Å². The number of oxime groups is 1. The number of carbonyl (C=O) groups is 1. The molecule has 0 N–H and O–H groups in total. The van der Waals surface area contributed by atoms with Gasteiger partial charge in [0.1, 0.15) is 5.82 Å². The van der Waals surface area contributed by atoms with Crippen molar-refractivity contribution < 1.29 is 14.0 Å². The van der Waals surface area contributed by atoms with Gasteiger partial charge in [-0.05, 0) is 29.5 Å². The molecule has 0 radical (unpaired) electrons. The Hall–Kier alpha value is -1.91. The number of rotatable bonds is 6. The summed E-state index contributed by atoms with van der Waals surface area (Å²) in [5, 5.41) is 4.12. The van der Waals surface area contributed by atoms with Gasteiger partial charge in [0.2, 0.25) is 5.91 Å². The molecule has 1 heterocycles. The van der Waals surface area contributed by atoms with Gasteiger partial charge in [-0.15, -0.1) is 0 Å². The fraction of sp³-hybridized carbons (Fsp3) is 0.579.